The van der Waals surface area contributed by atoms with Crippen LogP contribution in [0.15, 0.2) is 42.5 Å². The highest BCUT2D eigenvalue weighted by Crippen LogP contribution is 2.36. The Bertz CT molecular complexity index is 678. The zero-order valence-electron chi connectivity index (χ0n) is 12.0. The highest BCUT2D eigenvalue weighted by Gasteiger charge is 2.27. The topological polar surface area (TPSA) is 49.1 Å². The van der Waals surface area contributed by atoms with Gasteiger partial charge < -0.3 is 9.64 Å². The molecule has 0 N–H and O–H groups in total. The summed E-state index contributed by atoms with van der Waals surface area (Å²) in [6.45, 7) is 0.962. The average molecular weight is 279 g/mol. The lowest BCUT2D eigenvalue weighted by atomic mass is 10.0. The molecular weight excluding hydrogens is 262 g/mol. The van der Waals surface area contributed by atoms with Crippen LogP contribution in [-0.2, 0) is 0 Å². The molecule has 21 heavy (non-hydrogen) atoms. The number of methoxy groups -OCH3 is 1. The van der Waals surface area contributed by atoms with Crippen molar-refractivity contribution in [1.82, 2.24) is 4.98 Å². The maximum absolute atomic E-state index is 9.01. The number of anilines is 1. The van der Waals surface area contributed by atoms with Gasteiger partial charge in [-0.25, -0.2) is 4.98 Å². The van der Waals surface area contributed by atoms with Crippen LogP contribution in [0.1, 0.15) is 30.1 Å². The highest BCUT2D eigenvalue weighted by molar-refractivity contribution is 5.47. The van der Waals surface area contributed by atoms with E-state index < -0.39 is 0 Å². The van der Waals surface area contributed by atoms with Gasteiger partial charge in [-0.05, 0) is 42.7 Å². The second kappa shape index (κ2) is 5.84. The molecular formula is C17H17N3O. The fraction of sp³-hybridized carbons (Fsp3) is 0.294. The maximum atomic E-state index is 9.01. The van der Waals surface area contributed by atoms with E-state index in [0.717, 1.165) is 31.0 Å². The molecule has 1 aromatic heterocycles. The van der Waals surface area contributed by atoms with Crippen molar-refractivity contribution in [2.24, 2.45) is 0 Å². The lowest BCUT2D eigenvalue weighted by Crippen LogP contribution is -2.23. The van der Waals surface area contributed by atoms with Gasteiger partial charge in [0.05, 0.1) is 13.2 Å². The molecule has 1 atom stereocenters. The highest BCUT2D eigenvalue weighted by atomic mass is 16.5. The Hall–Kier alpha value is -2.54. The van der Waals surface area contributed by atoms with E-state index in [1.807, 2.05) is 24.3 Å². The smallest absolute Gasteiger partial charge is 0.142 e. The molecule has 4 nitrogen and oxygen atoms in total. The van der Waals surface area contributed by atoms with Gasteiger partial charge in [0.1, 0.15) is 23.3 Å². The van der Waals surface area contributed by atoms with E-state index in [1.165, 1.54) is 5.56 Å². The Labute approximate surface area is 124 Å². The third kappa shape index (κ3) is 2.68. The summed E-state index contributed by atoms with van der Waals surface area (Å²) >= 11 is 0. The number of hydrogen-bond acceptors (Lipinski definition) is 4. The average Bonchev–Trinajstić information content (AvgIpc) is 3.04. The van der Waals surface area contributed by atoms with E-state index in [4.69, 9.17) is 10.00 Å². The second-order valence-corrected chi connectivity index (χ2v) is 5.12. The summed E-state index contributed by atoms with van der Waals surface area (Å²) in [6, 6.07) is 16.2. The minimum atomic E-state index is 0.293. The first kappa shape index (κ1) is 13.4. The van der Waals surface area contributed by atoms with Gasteiger partial charge in [0.2, 0.25) is 0 Å². The van der Waals surface area contributed by atoms with Crippen molar-refractivity contribution in [2.75, 3.05) is 18.6 Å². The van der Waals surface area contributed by atoms with Gasteiger partial charge in [-0.2, -0.15) is 5.26 Å². The summed E-state index contributed by atoms with van der Waals surface area (Å²) in [5.41, 5.74) is 1.69. The molecule has 1 unspecified atom stereocenters. The van der Waals surface area contributed by atoms with Crippen LogP contribution in [0.25, 0.3) is 0 Å². The van der Waals surface area contributed by atoms with Crippen molar-refractivity contribution in [2.45, 2.75) is 18.9 Å². The number of hydrogen-bond donors (Lipinski definition) is 0. The van der Waals surface area contributed by atoms with E-state index in [-0.39, 0.29) is 0 Å². The molecule has 106 valence electrons. The minimum absolute atomic E-state index is 0.293. The Balaban J connectivity index is 1.93. The van der Waals surface area contributed by atoms with Gasteiger partial charge >= 0.3 is 0 Å². The molecule has 1 aromatic carbocycles. The molecule has 0 amide bonds. The predicted molar refractivity (Wildman–Crippen MR) is 81.3 cm³/mol. The molecule has 4 heteroatoms. The number of aromatic nitrogens is 1. The number of rotatable bonds is 3. The summed E-state index contributed by atoms with van der Waals surface area (Å²) in [5.74, 6) is 1.75. The zero-order valence-corrected chi connectivity index (χ0v) is 12.0. The number of pyridine rings is 1. The fourth-order valence-electron chi connectivity index (χ4n) is 2.88. The predicted octanol–water partition coefficient (Wildman–Crippen LogP) is 3.30. The van der Waals surface area contributed by atoms with Crippen molar-refractivity contribution in [1.29, 1.82) is 5.26 Å². The Kier molecular flexibility index (Phi) is 3.74. The maximum Gasteiger partial charge on any atom is 0.142 e. The van der Waals surface area contributed by atoms with E-state index in [1.54, 1.807) is 13.2 Å². The van der Waals surface area contributed by atoms with Crippen molar-refractivity contribution in [3.63, 3.8) is 0 Å². The Morgan fingerprint density at radius 1 is 1.29 bits per heavy atom. The first-order valence-electron chi connectivity index (χ1n) is 7.09. The standard InChI is InChI=1S/C17H17N3O/c1-21-15-7-2-5-13(11-15)16-8-4-10-20(16)17-9-3-6-14(12-18)19-17/h2-3,5-7,9,11,16H,4,8,10H2,1H3. The van der Waals surface area contributed by atoms with Crippen LogP contribution in [0.4, 0.5) is 5.82 Å². The van der Waals surface area contributed by atoms with E-state index in [2.05, 4.69) is 28.1 Å². The first-order chi connectivity index (χ1) is 10.3. The van der Waals surface area contributed by atoms with Crippen molar-refractivity contribution >= 4 is 5.82 Å². The van der Waals surface area contributed by atoms with Crippen LogP contribution in [-0.4, -0.2) is 18.6 Å². The lowest BCUT2D eigenvalue weighted by molar-refractivity contribution is 0.414. The van der Waals surface area contributed by atoms with Crippen molar-refractivity contribution in [3.8, 4) is 11.8 Å². The van der Waals surface area contributed by atoms with Crippen LogP contribution in [0.2, 0.25) is 0 Å². The molecule has 1 aliphatic rings. The Morgan fingerprint density at radius 2 is 2.14 bits per heavy atom. The fourth-order valence-corrected chi connectivity index (χ4v) is 2.88. The van der Waals surface area contributed by atoms with E-state index in [9.17, 15) is 0 Å². The number of nitriles is 1. The Morgan fingerprint density at radius 3 is 2.95 bits per heavy atom. The van der Waals surface area contributed by atoms with Crippen LogP contribution >= 0.6 is 0 Å². The third-order valence-corrected chi connectivity index (χ3v) is 3.87. The zero-order chi connectivity index (χ0) is 14.7. The number of nitrogens with zero attached hydrogens (tertiary/aromatic N) is 3. The minimum Gasteiger partial charge on any atom is -0.497 e. The van der Waals surface area contributed by atoms with E-state index >= 15 is 0 Å². The largest absolute Gasteiger partial charge is 0.497 e. The van der Waals surface area contributed by atoms with E-state index in [0.29, 0.717) is 11.7 Å². The molecule has 0 bridgehead atoms. The molecule has 3 rings (SSSR count). The quantitative estimate of drug-likeness (QED) is 0.865. The monoisotopic (exact) mass is 279 g/mol. The van der Waals surface area contributed by atoms with Gasteiger partial charge in [-0.15, -0.1) is 0 Å². The van der Waals surface area contributed by atoms with Gasteiger partial charge in [-0.1, -0.05) is 18.2 Å². The molecule has 1 saturated heterocycles. The normalized spacial score (nSPS) is 17.5. The first-order valence-corrected chi connectivity index (χ1v) is 7.09. The van der Waals surface area contributed by atoms with Crippen molar-refractivity contribution in [3.05, 3.63) is 53.7 Å². The van der Waals surface area contributed by atoms with Gasteiger partial charge in [-0.3, -0.25) is 0 Å². The van der Waals surface area contributed by atoms with Gasteiger partial charge in [0.15, 0.2) is 0 Å². The van der Waals surface area contributed by atoms with Gasteiger partial charge in [0.25, 0.3) is 0 Å². The molecule has 2 aromatic rings. The van der Waals surface area contributed by atoms with Crippen LogP contribution in [0, 0.1) is 11.3 Å². The third-order valence-electron chi connectivity index (χ3n) is 3.87. The van der Waals surface area contributed by atoms with Crippen molar-refractivity contribution < 1.29 is 4.74 Å². The van der Waals surface area contributed by atoms with Gasteiger partial charge in [0, 0.05) is 6.54 Å². The molecule has 1 fully saturated rings. The summed E-state index contributed by atoms with van der Waals surface area (Å²) in [4.78, 5) is 6.70. The molecule has 0 spiro atoms. The molecule has 1 aliphatic heterocycles. The summed E-state index contributed by atoms with van der Waals surface area (Å²) in [7, 11) is 1.68. The van der Waals surface area contributed by atoms with Crippen LogP contribution in [0.5, 0.6) is 5.75 Å². The lowest BCUT2D eigenvalue weighted by Gasteiger charge is -2.26. The number of benzene rings is 1. The SMILES string of the molecule is COc1cccc(C2CCCN2c2cccc(C#N)n2)c1. The van der Waals surface area contributed by atoms with Crippen LogP contribution < -0.4 is 9.64 Å². The summed E-state index contributed by atoms with van der Waals surface area (Å²) in [6.07, 6.45) is 2.21. The molecule has 0 radical (unpaired) electrons. The second-order valence-electron chi connectivity index (χ2n) is 5.12. The summed E-state index contributed by atoms with van der Waals surface area (Å²) in [5, 5.41) is 9.01. The summed E-state index contributed by atoms with van der Waals surface area (Å²) < 4.78 is 5.31. The van der Waals surface area contributed by atoms with Crippen LogP contribution in [0.3, 0.4) is 0 Å². The molecule has 2 heterocycles. The molecule has 0 saturated carbocycles. The molecule has 0 aliphatic carbocycles. The number of ether oxygens (including phenoxy) is 1.